The van der Waals surface area contributed by atoms with Crippen molar-refractivity contribution >= 4 is 38.4 Å². The van der Waals surface area contributed by atoms with Crippen LogP contribution >= 0.6 is 15.9 Å². The summed E-state index contributed by atoms with van der Waals surface area (Å²) < 4.78 is 0.887. The second kappa shape index (κ2) is 7.41. The molecule has 4 rings (SSSR count). The first-order valence-corrected chi connectivity index (χ1v) is 10.1. The fourth-order valence-electron chi connectivity index (χ4n) is 3.68. The number of halogens is 1. The van der Waals surface area contributed by atoms with Gasteiger partial charge in [0.15, 0.2) is 0 Å². The van der Waals surface area contributed by atoms with Crippen LogP contribution in [0.2, 0.25) is 0 Å². The summed E-state index contributed by atoms with van der Waals surface area (Å²) >= 11 is 3.56. The maximum atomic E-state index is 13.4. The first-order valence-electron chi connectivity index (χ1n) is 9.27. The molecule has 0 spiro atoms. The van der Waals surface area contributed by atoms with E-state index < -0.39 is 0 Å². The Hall–Kier alpha value is -2.24. The van der Waals surface area contributed by atoms with Gasteiger partial charge in [0.25, 0.3) is 5.91 Å². The molecule has 27 heavy (non-hydrogen) atoms. The smallest absolute Gasteiger partial charge is 0.256 e. The third-order valence-electron chi connectivity index (χ3n) is 5.17. The van der Waals surface area contributed by atoms with Crippen molar-refractivity contribution in [2.75, 3.05) is 18.4 Å². The Kier molecular flexibility index (Phi) is 4.98. The number of aryl methyl sites for hydroxylation is 1. The monoisotopic (exact) mass is 423 g/mol. The second-order valence-electron chi connectivity index (χ2n) is 6.99. The summed E-state index contributed by atoms with van der Waals surface area (Å²) in [5, 5.41) is 4.01. The van der Waals surface area contributed by atoms with E-state index in [1.807, 2.05) is 49.4 Å². The number of aromatic nitrogens is 1. The topological polar surface area (TPSA) is 45.2 Å². The standard InChI is InChI=1S/C22H22BrN3O/c1-3-26-11-10-19-16(13-26)21(15-6-4-5-7-18(15)24-19)22(27)25-20-9-8-14(2)12-17(20)23/h4-9,12H,3,10-11,13H2,1-2H3,(H,25,27). The largest absolute Gasteiger partial charge is 0.321 e. The number of fused-ring (bicyclic) bond motifs is 2. The van der Waals surface area contributed by atoms with Gasteiger partial charge in [-0.3, -0.25) is 14.7 Å². The Morgan fingerprint density at radius 3 is 2.85 bits per heavy atom. The molecule has 2 heterocycles. The molecule has 1 aliphatic heterocycles. The molecule has 5 heteroatoms. The summed E-state index contributed by atoms with van der Waals surface area (Å²) in [6.45, 7) is 6.91. The van der Waals surface area contributed by atoms with Crippen molar-refractivity contribution in [3.05, 3.63) is 69.3 Å². The molecular weight excluding hydrogens is 402 g/mol. The summed E-state index contributed by atoms with van der Waals surface area (Å²) in [6, 6.07) is 13.9. The van der Waals surface area contributed by atoms with Crippen LogP contribution in [0.3, 0.4) is 0 Å². The van der Waals surface area contributed by atoms with Gasteiger partial charge in [0.05, 0.1) is 16.8 Å². The number of nitrogens with one attached hydrogen (secondary N) is 1. The number of pyridine rings is 1. The Bertz CT molecular complexity index is 1030. The molecule has 0 bridgehead atoms. The van der Waals surface area contributed by atoms with Crippen LogP contribution in [0.1, 0.15) is 34.1 Å². The molecule has 0 radical (unpaired) electrons. The molecule has 1 N–H and O–H groups in total. The minimum atomic E-state index is -0.0765. The second-order valence-corrected chi connectivity index (χ2v) is 7.84. The van der Waals surface area contributed by atoms with E-state index in [0.717, 1.165) is 69.5 Å². The van der Waals surface area contributed by atoms with Crippen molar-refractivity contribution in [2.24, 2.45) is 0 Å². The van der Waals surface area contributed by atoms with E-state index in [4.69, 9.17) is 4.98 Å². The Morgan fingerprint density at radius 1 is 1.26 bits per heavy atom. The van der Waals surface area contributed by atoms with Crippen molar-refractivity contribution in [1.82, 2.24) is 9.88 Å². The Morgan fingerprint density at radius 2 is 2.07 bits per heavy atom. The number of hydrogen-bond acceptors (Lipinski definition) is 3. The molecule has 0 saturated heterocycles. The number of para-hydroxylation sites is 1. The molecule has 0 saturated carbocycles. The average molecular weight is 424 g/mol. The van der Waals surface area contributed by atoms with Gasteiger partial charge in [-0.2, -0.15) is 0 Å². The number of carbonyl (C=O) groups excluding carboxylic acids is 1. The SMILES string of the molecule is CCN1CCc2nc3ccccc3c(C(=O)Nc3ccc(C)cc3Br)c2C1. The number of rotatable bonds is 3. The van der Waals surface area contributed by atoms with Crippen molar-refractivity contribution in [3.63, 3.8) is 0 Å². The van der Waals surface area contributed by atoms with Gasteiger partial charge in [0.1, 0.15) is 0 Å². The van der Waals surface area contributed by atoms with Crippen molar-refractivity contribution in [3.8, 4) is 0 Å². The lowest BCUT2D eigenvalue weighted by Crippen LogP contribution is -2.33. The van der Waals surface area contributed by atoms with Crippen LogP contribution in [0, 0.1) is 6.92 Å². The minimum absolute atomic E-state index is 0.0765. The zero-order valence-corrected chi connectivity index (χ0v) is 17.1. The van der Waals surface area contributed by atoms with Gasteiger partial charge in [0.2, 0.25) is 0 Å². The van der Waals surface area contributed by atoms with Gasteiger partial charge < -0.3 is 5.32 Å². The molecule has 1 aliphatic rings. The molecular formula is C22H22BrN3O. The van der Waals surface area contributed by atoms with Crippen LogP contribution in [0.4, 0.5) is 5.69 Å². The van der Waals surface area contributed by atoms with E-state index in [-0.39, 0.29) is 5.91 Å². The predicted octanol–water partition coefficient (Wildman–Crippen LogP) is 4.94. The normalized spacial score (nSPS) is 14.2. The summed E-state index contributed by atoms with van der Waals surface area (Å²) in [6.07, 6.45) is 0.877. The minimum Gasteiger partial charge on any atom is -0.321 e. The van der Waals surface area contributed by atoms with E-state index in [0.29, 0.717) is 0 Å². The van der Waals surface area contributed by atoms with E-state index in [2.05, 4.69) is 33.1 Å². The number of nitrogens with zero attached hydrogens (tertiary/aromatic N) is 2. The highest BCUT2D eigenvalue weighted by Gasteiger charge is 2.25. The predicted molar refractivity (Wildman–Crippen MR) is 113 cm³/mol. The zero-order valence-electron chi connectivity index (χ0n) is 15.6. The maximum Gasteiger partial charge on any atom is 0.256 e. The van der Waals surface area contributed by atoms with E-state index in [1.165, 1.54) is 0 Å². The van der Waals surface area contributed by atoms with Crippen molar-refractivity contribution in [2.45, 2.75) is 26.8 Å². The van der Waals surface area contributed by atoms with Crippen LogP contribution in [0.25, 0.3) is 10.9 Å². The highest BCUT2D eigenvalue weighted by molar-refractivity contribution is 9.10. The fourth-order valence-corrected chi connectivity index (χ4v) is 4.27. The molecule has 0 atom stereocenters. The van der Waals surface area contributed by atoms with Gasteiger partial charge in [-0.25, -0.2) is 0 Å². The molecule has 0 aliphatic carbocycles. The van der Waals surface area contributed by atoms with Gasteiger partial charge in [0, 0.05) is 40.6 Å². The Labute approximate surface area is 167 Å². The molecule has 4 nitrogen and oxygen atoms in total. The summed E-state index contributed by atoms with van der Waals surface area (Å²) in [4.78, 5) is 20.6. The lowest BCUT2D eigenvalue weighted by Gasteiger charge is -2.29. The highest BCUT2D eigenvalue weighted by Crippen LogP contribution is 2.30. The van der Waals surface area contributed by atoms with Crippen LogP contribution in [-0.2, 0) is 13.0 Å². The van der Waals surface area contributed by atoms with E-state index >= 15 is 0 Å². The number of hydrogen-bond donors (Lipinski definition) is 1. The van der Waals surface area contributed by atoms with Crippen molar-refractivity contribution < 1.29 is 4.79 Å². The van der Waals surface area contributed by atoms with Crippen LogP contribution in [-0.4, -0.2) is 28.9 Å². The lowest BCUT2D eigenvalue weighted by molar-refractivity contribution is 0.102. The van der Waals surface area contributed by atoms with Crippen LogP contribution in [0.15, 0.2) is 46.9 Å². The number of likely N-dealkylation sites (N-methyl/N-ethyl adjacent to an activating group) is 1. The highest BCUT2D eigenvalue weighted by atomic mass is 79.9. The van der Waals surface area contributed by atoms with Gasteiger partial charge in [-0.15, -0.1) is 0 Å². The third-order valence-corrected chi connectivity index (χ3v) is 5.83. The Balaban J connectivity index is 1.82. The summed E-state index contributed by atoms with van der Waals surface area (Å²) in [5.41, 5.74) is 5.67. The van der Waals surface area contributed by atoms with Crippen LogP contribution < -0.4 is 5.32 Å². The van der Waals surface area contributed by atoms with Gasteiger partial charge in [-0.1, -0.05) is 31.2 Å². The first-order chi connectivity index (χ1) is 13.1. The lowest BCUT2D eigenvalue weighted by atomic mass is 9.95. The van der Waals surface area contributed by atoms with Crippen LogP contribution in [0.5, 0.6) is 0 Å². The number of amides is 1. The molecule has 1 aromatic heterocycles. The number of anilines is 1. The summed E-state index contributed by atoms with van der Waals surface area (Å²) in [7, 11) is 0. The van der Waals surface area contributed by atoms with E-state index in [1.54, 1.807) is 0 Å². The molecule has 1 amide bonds. The number of benzene rings is 2. The van der Waals surface area contributed by atoms with Gasteiger partial charge >= 0.3 is 0 Å². The third kappa shape index (κ3) is 3.49. The van der Waals surface area contributed by atoms with Gasteiger partial charge in [-0.05, 0) is 53.2 Å². The van der Waals surface area contributed by atoms with E-state index in [9.17, 15) is 4.79 Å². The maximum absolute atomic E-state index is 13.4. The molecule has 0 unspecified atom stereocenters. The fraction of sp³-hybridized carbons (Fsp3) is 0.273. The average Bonchev–Trinajstić information content (AvgIpc) is 2.67. The molecule has 2 aromatic carbocycles. The zero-order chi connectivity index (χ0) is 19.0. The molecule has 0 fully saturated rings. The molecule has 3 aromatic rings. The molecule has 138 valence electrons. The summed E-state index contributed by atoms with van der Waals surface area (Å²) in [5.74, 6) is -0.0765. The first kappa shape index (κ1) is 18.1. The quantitative estimate of drug-likeness (QED) is 0.648. The number of carbonyl (C=O) groups is 1. The van der Waals surface area contributed by atoms with Crippen molar-refractivity contribution in [1.29, 1.82) is 0 Å².